The molecular weight excluding hydrogens is 320 g/mol. The van der Waals surface area contributed by atoms with Crippen molar-refractivity contribution < 1.29 is 5.11 Å². The van der Waals surface area contributed by atoms with Crippen LogP contribution in [0.3, 0.4) is 0 Å². The monoisotopic (exact) mass is 334 g/mol. The summed E-state index contributed by atoms with van der Waals surface area (Å²) in [6.45, 7) is 1.95. The normalized spacial score (nSPS) is 14.3. The van der Waals surface area contributed by atoms with Gasteiger partial charge in [0.2, 0.25) is 5.88 Å². The molecule has 0 amide bonds. The van der Waals surface area contributed by atoms with E-state index in [0.29, 0.717) is 10.6 Å². The highest BCUT2D eigenvalue weighted by Crippen LogP contribution is 2.34. The lowest BCUT2D eigenvalue weighted by molar-refractivity contribution is 0.440. The Morgan fingerprint density at radius 2 is 2.00 bits per heavy atom. The van der Waals surface area contributed by atoms with Crippen LogP contribution in [-0.2, 0) is 0 Å². The van der Waals surface area contributed by atoms with Gasteiger partial charge in [0.1, 0.15) is 0 Å². The molecule has 0 saturated heterocycles. The van der Waals surface area contributed by atoms with Gasteiger partial charge >= 0.3 is 4.87 Å². The van der Waals surface area contributed by atoms with Gasteiger partial charge in [0.25, 0.3) is 0 Å². The van der Waals surface area contributed by atoms with Crippen LogP contribution in [0.5, 0.6) is 5.88 Å². The first-order valence-corrected chi connectivity index (χ1v) is 8.32. The molecule has 0 bridgehead atoms. The van der Waals surface area contributed by atoms with Crippen molar-refractivity contribution in [3.05, 3.63) is 74.2 Å². The molecule has 1 aromatic heterocycles. The Bertz CT molecular complexity index is 1060. The molecule has 0 atom stereocenters. The number of aromatic hydroxyl groups is 1. The molecule has 1 N–H and O–H groups in total. The van der Waals surface area contributed by atoms with E-state index < -0.39 is 0 Å². The van der Waals surface area contributed by atoms with Crippen LogP contribution in [0.1, 0.15) is 16.0 Å². The molecule has 24 heavy (non-hydrogen) atoms. The summed E-state index contributed by atoms with van der Waals surface area (Å²) in [5.41, 5.74) is 4.48. The summed E-state index contributed by atoms with van der Waals surface area (Å²) < 4.78 is 1.34. The predicted octanol–water partition coefficient (Wildman–Crippen LogP) is 4.17. The fourth-order valence-electron chi connectivity index (χ4n) is 2.77. The summed E-state index contributed by atoms with van der Waals surface area (Å²) in [5.74, 6) is -0.0409. The Kier molecular flexibility index (Phi) is 3.43. The van der Waals surface area contributed by atoms with Gasteiger partial charge in [-0.1, -0.05) is 41.7 Å². The number of allylic oxidation sites excluding steroid dienone is 1. The van der Waals surface area contributed by atoms with Crippen LogP contribution in [-0.4, -0.2) is 15.9 Å². The summed E-state index contributed by atoms with van der Waals surface area (Å²) in [4.78, 5) is 17.0. The van der Waals surface area contributed by atoms with Crippen molar-refractivity contribution in [2.24, 2.45) is 4.99 Å². The third-order valence-corrected chi connectivity index (χ3v) is 4.79. The average Bonchev–Trinajstić information content (AvgIpc) is 3.09. The van der Waals surface area contributed by atoms with Crippen LogP contribution in [0.4, 0.5) is 5.69 Å². The maximum atomic E-state index is 12.4. The Balaban J connectivity index is 1.83. The van der Waals surface area contributed by atoms with Crippen LogP contribution in [0.25, 0.3) is 17.3 Å². The molecule has 4 rings (SSSR count). The van der Waals surface area contributed by atoms with Crippen LogP contribution < -0.4 is 4.87 Å². The number of thiazole rings is 1. The number of aromatic nitrogens is 1. The lowest BCUT2D eigenvalue weighted by Gasteiger charge is -2.04. The maximum absolute atomic E-state index is 12.4. The molecule has 1 aliphatic rings. The Hall–Kier alpha value is -2.92. The third kappa shape index (κ3) is 2.39. The largest absolute Gasteiger partial charge is 0.493 e. The minimum atomic E-state index is -0.215. The first-order chi connectivity index (χ1) is 11.6. The number of benzene rings is 2. The number of fused-ring (bicyclic) bond motifs is 1. The molecule has 0 fully saturated rings. The van der Waals surface area contributed by atoms with Gasteiger partial charge in [0, 0.05) is 17.4 Å². The van der Waals surface area contributed by atoms with Crippen LogP contribution in [0.2, 0.25) is 0 Å². The molecule has 0 saturated carbocycles. The summed E-state index contributed by atoms with van der Waals surface area (Å²) in [7, 11) is 0. The van der Waals surface area contributed by atoms with Gasteiger partial charge in [0.15, 0.2) is 0 Å². The molecule has 0 spiro atoms. The lowest BCUT2D eigenvalue weighted by Crippen LogP contribution is -2.09. The predicted molar refractivity (Wildman–Crippen MR) is 98.8 cm³/mol. The quantitative estimate of drug-likeness (QED) is 0.765. The number of para-hydroxylation sites is 1. The van der Waals surface area contributed by atoms with Crippen LogP contribution in [0, 0.1) is 6.92 Å². The SMILES string of the molecule is Cc1cccc(-n2c(O)c(/C=C3/C=Nc4ccccc43)sc2=O)c1. The molecule has 5 heteroatoms. The summed E-state index contributed by atoms with van der Waals surface area (Å²) >= 11 is 1.02. The van der Waals surface area contributed by atoms with Gasteiger partial charge in [-0.05, 0) is 36.8 Å². The van der Waals surface area contributed by atoms with Gasteiger partial charge in [-0.15, -0.1) is 0 Å². The van der Waals surface area contributed by atoms with E-state index in [4.69, 9.17) is 0 Å². The molecule has 3 aromatic rings. The standard InChI is InChI=1S/C19H14N2O2S/c1-12-5-4-6-14(9-12)21-18(22)17(24-19(21)23)10-13-11-20-16-8-3-2-7-15(13)16/h2-11,22H,1H3/b13-10-. The average molecular weight is 334 g/mol. The highest BCUT2D eigenvalue weighted by atomic mass is 32.1. The summed E-state index contributed by atoms with van der Waals surface area (Å²) in [6, 6.07) is 15.3. The molecule has 2 aromatic carbocycles. The number of aliphatic imine (C=N–C) groups is 1. The zero-order valence-corrected chi connectivity index (χ0v) is 13.7. The van der Waals surface area contributed by atoms with E-state index in [9.17, 15) is 9.90 Å². The van der Waals surface area contributed by atoms with Gasteiger partial charge < -0.3 is 5.11 Å². The van der Waals surface area contributed by atoms with E-state index >= 15 is 0 Å². The zero-order valence-electron chi connectivity index (χ0n) is 12.9. The molecule has 0 unspecified atom stereocenters. The molecule has 1 aliphatic heterocycles. The highest BCUT2D eigenvalue weighted by Gasteiger charge is 2.17. The summed E-state index contributed by atoms with van der Waals surface area (Å²) in [6.07, 6.45) is 3.56. The molecule has 2 heterocycles. The van der Waals surface area contributed by atoms with Gasteiger partial charge in [0.05, 0.1) is 16.3 Å². The van der Waals surface area contributed by atoms with E-state index in [1.54, 1.807) is 6.21 Å². The van der Waals surface area contributed by atoms with Crippen molar-refractivity contribution in [3.8, 4) is 11.6 Å². The van der Waals surface area contributed by atoms with E-state index in [-0.39, 0.29) is 10.8 Å². The lowest BCUT2D eigenvalue weighted by atomic mass is 10.1. The number of aryl methyl sites for hydroxylation is 1. The number of nitrogens with zero attached hydrogens (tertiary/aromatic N) is 2. The fraction of sp³-hybridized carbons (Fsp3) is 0.0526. The first kappa shape index (κ1) is 14.7. The second kappa shape index (κ2) is 5.62. The van der Waals surface area contributed by atoms with Crippen LogP contribution in [0.15, 0.2) is 58.3 Å². The van der Waals surface area contributed by atoms with Crippen molar-refractivity contribution in [3.63, 3.8) is 0 Å². The fourth-order valence-corrected chi connectivity index (χ4v) is 3.61. The van der Waals surface area contributed by atoms with Crippen LogP contribution >= 0.6 is 11.3 Å². The molecule has 0 radical (unpaired) electrons. The minimum absolute atomic E-state index is 0.0409. The van der Waals surface area contributed by atoms with E-state index in [0.717, 1.165) is 33.7 Å². The van der Waals surface area contributed by atoms with E-state index in [1.165, 1.54) is 4.57 Å². The molecule has 0 aliphatic carbocycles. The number of rotatable bonds is 2. The Labute approximate surface area is 142 Å². The zero-order chi connectivity index (χ0) is 16.7. The molecular formula is C19H14N2O2S. The van der Waals surface area contributed by atoms with Gasteiger partial charge in [-0.2, -0.15) is 0 Å². The first-order valence-electron chi connectivity index (χ1n) is 7.50. The molecule has 4 nitrogen and oxygen atoms in total. The molecule has 118 valence electrons. The maximum Gasteiger partial charge on any atom is 0.315 e. The topological polar surface area (TPSA) is 54.6 Å². The second-order valence-corrected chi connectivity index (χ2v) is 6.60. The van der Waals surface area contributed by atoms with Gasteiger partial charge in [-0.3, -0.25) is 9.79 Å². The smallest absolute Gasteiger partial charge is 0.315 e. The number of hydrogen-bond acceptors (Lipinski definition) is 4. The Morgan fingerprint density at radius 1 is 1.17 bits per heavy atom. The highest BCUT2D eigenvalue weighted by molar-refractivity contribution is 7.10. The van der Waals surface area contributed by atoms with Crippen molar-refractivity contribution in [1.82, 2.24) is 4.57 Å². The Morgan fingerprint density at radius 3 is 2.83 bits per heavy atom. The second-order valence-electron chi connectivity index (χ2n) is 5.61. The van der Waals surface area contributed by atoms with Crippen molar-refractivity contribution in [2.45, 2.75) is 6.92 Å². The van der Waals surface area contributed by atoms with Crippen molar-refractivity contribution in [1.29, 1.82) is 0 Å². The number of hydrogen-bond donors (Lipinski definition) is 1. The van der Waals surface area contributed by atoms with E-state index in [2.05, 4.69) is 4.99 Å². The third-order valence-electron chi connectivity index (χ3n) is 3.92. The summed E-state index contributed by atoms with van der Waals surface area (Å²) in [5, 5.41) is 10.5. The van der Waals surface area contributed by atoms with Gasteiger partial charge in [-0.25, -0.2) is 4.57 Å². The van der Waals surface area contributed by atoms with Crippen molar-refractivity contribution in [2.75, 3.05) is 0 Å². The van der Waals surface area contributed by atoms with Crippen molar-refractivity contribution >= 4 is 34.9 Å². The minimum Gasteiger partial charge on any atom is -0.493 e. The van der Waals surface area contributed by atoms with E-state index in [1.807, 2.05) is 61.5 Å².